The van der Waals surface area contributed by atoms with E-state index in [1.165, 1.54) is 37.7 Å². The Morgan fingerprint density at radius 3 is 2.15 bits per heavy atom. The van der Waals surface area contributed by atoms with Gasteiger partial charge in [0.2, 0.25) is 0 Å². The fraction of sp³-hybridized carbons (Fsp3) is 0.625. The summed E-state index contributed by atoms with van der Waals surface area (Å²) < 4.78 is 38.7. The molecule has 4 heteroatoms. The van der Waals surface area contributed by atoms with Gasteiger partial charge >= 0.3 is 119 Å². The van der Waals surface area contributed by atoms with Crippen molar-refractivity contribution in [3.63, 3.8) is 0 Å². The summed E-state index contributed by atoms with van der Waals surface area (Å²) in [5.41, 5.74) is 2.40. The van der Waals surface area contributed by atoms with Crippen molar-refractivity contribution in [1.82, 2.24) is 0 Å². The van der Waals surface area contributed by atoms with Crippen molar-refractivity contribution in [2.75, 3.05) is 12.8 Å². The monoisotopic (exact) mass is 304 g/mol. The van der Waals surface area contributed by atoms with Gasteiger partial charge in [0.1, 0.15) is 0 Å². The fourth-order valence-corrected chi connectivity index (χ4v) is 3.85. The van der Waals surface area contributed by atoms with Gasteiger partial charge in [-0.15, -0.1) is 0 Å². The summed E-state index contributed by atoms with van der Waals surface area (Å²) in [5.74, 6) is 0.666. The molecule has 0 N–H and O–H groups in total. The maximum atomic E-state index is 12.9. The van der Waals surface area contributed by atoms with Crippen LogP contribution in [-0.2, 0) is 6.42 Å². The van der Waals surface area contributed by atoms with Gasteiger partial charge in [0, 0.05) is 0 Å². The molecule has 0 radical (unpaired) electrons. The summed E-state index contributed by atoms with van der Waals surface area (Å²) in [7, 11) is -5.81. The number of rotatable bonds is 5. The Hall–Kier alpha value is -0.560. The van der Waals surface area contributed by atoms with E-state index in [1.54, 1.807) is 0 Å². The molecule has 0 amide bonds. The summed E-state index contributed by atoms with van der Waals surface area (Å²) in [5, 5.41) is 0. The van der Waals surface area contributed by atoms with Crippen LogP contribution in [0.5, 0.6) is 0 Å². The predicted octanol–water partition coefficient (Wildman–Crippen LogP) is 6.50. The van der Waals surface area contributed by atoms with Crippen molar-refractivity contribution in [2.24, 2.45) is 0 Å². The molecule has 0 heterocycles. The van der Waals surface area contributed by atoms with E-state index in [9.17, 15) is 12.6 Å². The molecule has 0 aliphatic heterocycles. The van der Waals surface area contributed by atoms with Crippen molar-refractivity contribution in [2.45, 2.75) is 50.9 Å². The number of hydrogen-bond donors (Lipinski definition) is 0. The Morgan fingerprint density at radius 1 is 1.00 bits per heavy atom. The Labute approximate surface area is 120 Å². The second kappa shape index (κ2) is 6.05. The van der Waals surface area contributed by atoms with Crippen LogP contribution in [-0.4, -0.2) is 12.8 Å². The van der Waals surface area contributed by atoms with E-state index < -0.39 is 13.7 Å². The van der Waals surface area contributed by atoms with Crippen LogP contribution in [0.2, 0.25) is 0 Å². The third-order valence-corrected chi connectivity index (χ3v) is 5.43. The number of aryl methyl sites for hydroxylation is 1. The quantitative estimate of drug-likeness (QED) is 0.544. The van der Waals surface area contributed by atoms with Crippen LogP contribution in [0.3, 0.4) is 0 Å². The molecule has 2 rings (SSSR count). The normalized spacial score (nSPS) is 19.5. The SMILES string of the molecule is CP(F)(F)(F)CCCc1ccc(C2CCCCC2)cc1. The van der Waals surface area contributed by atoms with Gasteiger partial charge in [-0.3, -0.25) is 0 Å². The molecule has 20 heavy (non-hydrogen) atoms. The van der Waals surface area contributed by atoms with E-state index in [4.69, 9.17) is 0 Å². The molecule has 0 unspecified atom stereocenters. The fourth-order valence-electron chi connectivity index (χ4n) is 3.01. The van der Waals surface area contributed by atoms with E-state index >= 15 is 0 Å². The first-order valence-corrected chi connectivity index (χ1v) is 10.1. The van der Waals surface area contributed by atoms with E-state index in [1.807, 2.05) is 12.1 Å². The van der Waals surface area contributed by atoms with Crippen molar-refractivity contribution in [3.8, 4) is 0 Å². The van der Waals surface area contributed by atoms with Crippen LogP contribution in [0.25, 0.3) is 0 Å². The first kappa shape index (κ1) is 15.8. The molecule has 0 aromatic heterocycles. The first-order valence-electron chi connectivity index (χ1n) is 7.55. The van der Waals surface area contributed by atoms with Gasteiger partial charge in [-0.05, 0) is 0 Å². The standard InChI is InChI=1S/C16H24F3P/c1-20(17,18,19)13-5-6-14-9-11-16(12-10-14)15-7-3-2-4-8-15/h9-12,15H,2-8,13H2,1H3. The zero-order valence-corrected chi connectivity index (χ0v) is 13.0. The van der Waals surface area contributed by atoms with Gasteiger partial charge < -0.3 is 0 Å². The summed E-state index contributed by atoms with van der Waals surface area (Å²) in [4.78, 5) is 0. The van der Waals surface area contributed by atoms with Crippen LogP contribution >= 0.6 is 7.54 Å². The van der Waals surface area contributed by atoms with Crippen molar-refractivity contribution in [3.05, 3.63) is 35.4 Å². The minimum absolute atomic E-state index is 0.223. The Bertz CT molecular complexity index is 418. The Kier molecular flexibility index (Phi) is 4.79. The van der Waals surface area contributed by atoms with Crippen molar-refractivity contribution >= 4 is 7.54 Å². The molecule has 0 atom stereocenters. The minimum atomic E-state index is -5.81. The van der Waals surface area contributed by atoms with E-state index in [0.29, 0.717) is 19.0 Å². The molecule has 1 saturated carbocycles. The molecule has 1 aliphatic carbocycles. The van der Waals surface area contributed by atoms with Gasteiger partial charge in [0.05, 0.1) is 0 Å². The second-order valence-corrected chi connectivity index (χ2v) is 9.47. The topological polar surface area (TPSA) is 0 Å². The molecule has 1 aromatic rings. The molecule has 0 spiro atoms. The third kappa shape index (κ3) is 5.44. The molecular formula is C16H24F3P. The molecular weight excluding hydrogens is 280 g/mol. The summed E-state index contributed by atoms with van der Waals surface area (Å²) >= 11 is 0. The average Bonchev–Trinajstić information content (AvgIpc) is 2.38. The average molecular weight is 304 g/mol. The molecule has 0 saturated heterocycles. The van der Waals surface area contributed by atoms with E-state index in [0.717, 1.165) is 5.56 Å². The molecule has 0 bridgehead atoms. The molecule has 1 aromatic carbocycles. The maximum absolute atomic E-state index is 12.9. The molecule has 114 valence electrons. The zero-order chi connectivity index (χ0) is 14.7. The van der Waals surface area contributed by atoms with Gasteiger partial charge in [-0.1, -0.05) is 0 Å². The summed E-state index contributed by atoms with van der Waals surface area (Å²) in [6.45, 7) is 0.484. The predicted molar refractivity (Wildman–Crippen MR) is 81.6 cm³/mol. The van der Waals surface area contributed by atoms with Gasteiger partial charge in [0.15, 0.2) is 0 Å². The van der Waals surface area contributed by atoms with E-state index in [2.05, 4.69) is 12.1 Å². The summed E-state index contributed by atoms with van der Waals surface area (Å²) in [6, 6.07) is 8.28. The second-order valence-electron chi connectivity index (χ2n) is 6.28. The first-order chi connectivity index (χ1) is 9.30. The van der Waals surface area contributed by atoms with Crippen LogP contribution < -0.4 is 0 Å². The van der Waals surface area contributed by atoms with Gasteiger partial charge in [0.25, 0.3) is 0 Å². The van der Waals surface area contributed by atoms with Crippen molar-refractivity contribution < 1.29 is 12.6 Å². The number of benzene rings is 1. The van der Waals surface area contributed by atoms with Crippen LogP contribution in [0.4, 0.5) is 12.6 Å². The molecule has 1 fully saturated rings. The molecule has 0 nitrogen and oxygen atoms in total. The third-order valence-electron chi connectivity index (χ3n) is 4.16. The van der Waals surface area contributed by atoms with Crippen LogP contribution in [0.1, 0.15) is 55.6 Å². The van der Waals surface area contributed by atoms with Crippen molar-refractivity contribution in [1.29, 1.82) is 0 Å². The van der Waals surface area contributed by atoms with Gasteiger partial charge in [-0.25, -0.2) is 0 Å². The Morgan fingerprint density at radius 2 is 1.60 bits per heavy atom. The Balaban J connectivity index is 1.85. The summed E-state index contributed by atoms with van der Waals surface area (Å²) in [6.07, 6.45) is 6.64. The molecule has 1 aliphatic rings. The van der Waals surface area contributed by atoms with Gasteiger partial charge in [-0.2, -0.15) is 0 Å². The zero-order valence-electron chi connectivity index (χ0n) is 12.1. The number of halogens is 3. The van der Waals surface area contributed by atoms with Crippen LogP contribution in [0, 0.1) is 0 Å². The number of hydrogen-bond acceptors (Lipinski definition) is 0. The van der Waals surface area contributed by atoms with Crippen LogP contribution in [0.15, 0.2) is 24.3 Å². The van der Waals surface area contributed by atoms with E-state index in [-0.39, 0.29) is 6.42 Å².